The zero-order valence-corrected chi connectivity index (χ0v) is 39.3. The van der Waals surface area contributed by atoms with E-state index < -0.39 is 136 Å². The zero-order chi connectivity index (χ0) is 50.6. The van der Waals surface area contributed by atoms with E-state index in [0.717, 1.165) is 18.2 Å². The van der Waals surface area contributed by atoms with Gasteiger partial charge in [-0.05, 0) is 78.6 Å². The first-order valence-corrected chi connectivity index (χ1v) is 21.5. The van der Waals surface area contributed by atoms with E-state index >= 15 is 0 Å². The largest absolute Gasteiger partial charge is 3.00 e. The molecule has 0 saturated carbocycles. The molecule has 5 unspecified atom stereocenters. The number of amides is 9. The Morgan fingerprint density at radius 1 is 0.500 bits per heavy atom. The second-order valence-corrected chi connectivity index (χ2v) is 15.6. The molecule has 0 bridgehead atoms. The third-order valence-electron chi connectivity index (χ3n) is 9.90. The minimum absolute atomic E-state index is 0. The number of nitrogens with zero attached hydrogens (tertiary/aromatic N) is 3. The molecule has 1 aliphatic heterocycles. The summed E-state index contributed by atoms with van der Waals surface area (Å²) in [5.74, 6) is -9.62. The Balaban J connectivity index is 0.0000449. The molecule has 1 fully saturated rings. The topological polar surface area (TPSA) is 406 Å². The Labute approximate surface area is 403 Å². The molecule has 1 saturated heterocycles. The van der Waals surface area contributed by atoms with Gasteiger partial charge in [-0.25, -0.2) is 0 Å². The number of aliphatic hydroxyl groups excluding tert-OH is 5. The standard InChI is InChI=1S/C41H64N9O17.Fe/c1-25(10-16-51)19-34(57)48(65)13-4-7-28-38(61)44-29(8-5-14-49(66)35(58)20-26(2)11-17-52)39(62)45-30(9-6-15-50(67)36(59)21-27(3)12-18-53)40(63)47-32(24-55)41(64)46-31(23-54)37(60)42-22-33(56)43-28;/h19-21,28-32,51-55H,4-18,22-24H2,1-3H3,(H,42,60)(H,43,56)(H,44,61)(H,45,62)(H,46,64)(H,47,63);/q-3;+3/b25-19-,26-20+,27-21+;. The van der Waals surface area contributed by atoms with Crippen LogP contribution < -0.4 is 31.9 Å². The maximum Gasteiger partial charge on any atom is 3.00 e. The van der Waals surface area contributed by atoms with E-state index in [9.17, 15) is 69.0 Å². The van der Waals surface area contributed by atoms with Crippen LogP contribution in [0.15, 0.2) is 34.9 Å². The Kier molecular flexibility index (Phi) is 31.3. The molecule has 0 aromatic rings. The van der Waals surface area contributed by atoms with E-state index in [-0.39, 0.29) is 97.0 Å². The molecule has 26 nitrogen and oxygen atoms in total. The third kappa shape index (κ3) is 24.1. The number of hydrogen-bond donors (Lipinski definition) is 11. The molecule has 0 spiro atoms. The second kappa shape index (κ2) is 34.0. The van der Waals surface area contributed by atoms with Crippen LogP contribution in [0.1, 0.15) is 78.6 Å². The average molecular weight is 1010 g/mol. The number of carbonyl (C=O) groups is 9. The molecule has 383 valence electrons. The first-order chi connectivity index (χ1) is 31.7. The molecular formula is C41H64FeN9O17. The van der Waals surface area contributed by atoms with Gasteiger partial charge in [0.05, 0.1) is 19.8 Å². The predicted octanol–water partition coefficient (Wildman–Crippen LogP) is -4.17. The Hall–Kier alpha value is -5.35. The summed E-state index contributed by atoms with van der Waals surface area (Å²) < 4.78 is 0. The van der Waals surface area contributed by atoms with Crippen molar-refractivity contribution < 1.29 is 85.8 Å². The van der Waals surface area contributed by atoms with Crippen LogP contribution in [0.4, 0.5) is 0 Å². The molecule has 0 aromatic heterocycles. The van der Waals surface area contributed by atoms with E-state index in [1.165, 1.54) is 20.8 Å². The fraction of sp³-hybridized carbons (Fsp3) is 0.634. The number of rotatable bonds is 23. The van der Waals surface area contributed by atoms with E-state index in [0.29, 0.717) is 16.7 Å². The van der Waals surface area contributed by atoms with Gasteiger partial charge in [0.1, 0.15) is 30.2 Å². The predicted molar refractivity (Wildman–Crippen MR) is 236 cm³/mol. The zero-order valence-electron chi connectivity index (χ0n) is 38.2. The summed E-state index contributed by atoms with van der Waals surface area (Å²) in [5.41, 5.74) is 1.20. The second-order valence-electron chi connectivity index (χ2n) is 15.6. The SMILES string of the molecule is C/C(=C/C(=O)N([O-])CCCC1NC(=O)CNC(=O)C(CO)NC(=O)C(CO)NC(=O)C(CCCN([O-])C(=O)/C=C(\C)CCO)NC(=O)C(CCCN([O-])C(=O)/C=C(\C)CCO)NC1=O)CCO.[Fe+3]. The number of aliphatic hydroxyl groups is 5. The van der Waals surface area contributed by atoms with Crippen LogP contribution in [0.3, 0.4) is 0 Å². The van der Waals surface area contributed by atoms with Crippen molar-refractivity contribution in [1.82, 2.24) is 47.1 Å². The molecule has 9 amide bonds. The van der Waals surface area contributed by atoms with Crippen LogP contribution in [0, 0.1) is 15.6 Å². The Bertz CT molecular complexity index is 1800. The van der Waals surface area contributed by atoms with Gasteiger partial charge in [0.2, 0.25) is 53.2 Å². The maximum atomic E-state index is 14.1. The average Bonchev–Trinajstić information content (AvgIpc) is 3.27. The summed E-state index contributed by atoms with van der Waals surface area (Å²) in [7, 11) is 0. The number of hydroxylamine groups is 6. The summed E-state index contributed by atoms with van der Waals surface area (Å²) in [4.78, 5) is 118. The minimum atomic E-state index is -1.82. The Morgan fingerprint density at radius 2 is 0.779 bits per heavy atom. The van der Waals surface area contributed by atoms with Crippen molar-refractivity contribution in [2.24, 2.45) is 0 Å². The van der Waals surface area contributed by atoms with Crippen LogP contribution in [0.25, 0.3) is 0 Å². The van der Waals surface area contributed by atoms with Gasteiger partial charge in [0.15, 0.2) is 0 Å². The van der Waals surface area contributed by atoms with Gasteiger partial charge in [0.25, 0.3) is 0 Å². The van der Waals surface area contributed by atoms with E-state index in [1.807, 2.05) is 0 Å². The molecule has 1 rings (SSSR count). The van der Waals surface area contributed by atoms with Gasteiger partial charge >= 0.3 is 17.1 Å². The van der Waals surface area contributed by atoms with Gasteiger partial charge in [0, 0.05) is 57.7 Å². The normalized spacial score (nSPS) is 20.5. The molecule has 0 aromatic carbocycles. The number of carbonyl (C=O) groups excluding carboxylic acids is 9. The summed E-state index contributed by atoms with van der Waals surface area (Å²) in [6, 6.07) is -8.52. The van der Waals surface area contributed by atoms with E-state index in [1.54, 1.807) is 0 Å². The van der Waals surface area contributed by atoms with Crippen LogP contribution in [-0.4, -0.2) is 183 Å². The van der Waals surface area contributed by atoms with Gasteiger partial charge in [-0.3, -0.25) is 43.2 Å². The first kappa shape index (κ1) is 62.6. The van der Waals surface area contributed by atoms with Gasteiger partial charge in [-0.15, -0.1) is 0 Å². The quantitative estimate of drug-likeness (QED) is 0.0263. The summed E-state index contributed by atoms with van der Waals surface area (Å²) >= 11 is 0. The molecule has 1 aliphatic rings. The van der Waals surface area contributed by atoms with Crippen molar-refractivity contribution in [2.45, 2.75) is 109 Å². The third-order valence-corrected chi connectivity index (χ3v) is 9.90. The first-order valence-electron chi connectivity index (χ1n) is 21.5. The van der Waals surface area contributed by atoms with Crippen molar-refractivity contribution >= 4 is 53.2 Å². The smallest absolute Gasteiger partial charge is 0.756 e. The van der Waals surface area contributed by atoms with Crippen LogP contribution in [0.2, 0.25) is 0 Å². The molecule has 27 heteroatoms. The van der Waals surface area contributed by atoms with Gasteiger partial charge in [-0.2, -0.15) is 0 Å². The maximum absolute atomic E-state index is 14.1. The molecule has 11 N–H and O–H groups in total. The van der Waals surface area contributed by atoms with Crippen molar-refractivity contribution in [1.29, 1.82) is 0 Å². The van der Waals surface area contributed by atoms with Gasteiger partial charge < -0.3 is 88.2 Å². The molecular weight excluding hydrogens is 946 g/mol. The van der Waals surface area contributed by atoms with Crippen LogP contribution >= 0.6 is 0 Å². The molecule has 68 heavy (non-hydrogen) atoms. The summed E-state index contributed by atoms with van der Waals surface area (Å²) in [6.07, 6.45) is 1.36. The van der Waals surface area contributed by atoms with E-state index in [4.69, 9.17) is 15.3 Å². The minimum Gasteiger partial charge on any atom is -0.756 e. The van der Waals surface area contributed by atoms with Gasteiger partial charge in [-0.1, -0.05) is 16.7 Å². The molecule has 1 radical (unpaired) electrons. The number of nitrogens with one attached hydrogen (secondary N) is 6. The fourth-order valence-corrected chi connectivity index (χ4v) is 6.06. The van der Waals surface area contributed by atoms with Crippen molar-refractivity contribution in [2.75, 3.05) is 59.2 Å². The Morgan fingerprint density at radius 3 is 1.09 bits per heavy atom. The number of hydrogen-bond acceptors (Lipinski definition) is 17. The summed E-state index contributed by atoms with van der Waals surface area (Å²) in [6.45, 7) is -0.871. The van der Waals surface area contributed by atoms with Crippen molar-refractivity contribution in [3.8, 4) is 0 Å². The van der Waals surface area contributed by atoms with Crippen molar-refractivity contribution in [3.05, 3.63) is 50.6 Å². The molecule has 1 heterocycles. The molecule has 0 aliphatic carbocycles. The van der Waals surface area contributed by atoms with Crippen LogP contribution in [-0.2, 0) is 60.2 Å². The van der Waals surface area contributed by atoms with E-state index in [2.05, 4.69) is 31.9 Å². The fourth-order valence-electron chi connectivity index (χ4n) is 6.06. The van der Waals surface area contributed by atoms with Crippen LogP contribution in [0.5, 0.6) is 0 Å². The summed E-state index contributed by atoms with van der Waals surface area (Å²) in [5, 5.41) is 98.8. The van der Waals surface area contributed by atoms with Crippen molar-refractivity contribution in [3.63, 3.8) is 0 Å². The monoisotopic (exact) mass is 1010 g/mol. The molecule has 5 atom stereocenters.